The number of rotatable bonds is 5. The smallest absolute Gasteiger partial charge is 0.228 e. The molecule has 0 radical (unpaired) electrons. The molecule has 1 N–H and O–H groups in total. The van der Waals surface area contributed by atoms with Gasteiger partial charge in [-0.05, 0) is 6.92 Å². The molecule has 0 saturated carbocycles. The first-order valence-electron chi connectivity index (χ1n) is 5.65. The third-order valence-corrected chi connectivity index (χ3v) is 3.25. The Balaban J connectivity index is 2.46. The summed E-state index contributed by atoms with van der Waals surface area (Å²) in [7, 11) is 0. The molecule has 1 heterocycles. The van der Waals surface area contributed by atoms with Crippen LogP contribution in [0.4, 0.5) is 5.13 Å². The number of carbonyl (C=O) groups is 1. The van der Waals surface area contributed by atoms with Crippen LogP contribution in [-0.2, 0) is 14.9 Å². The van der Waals surface area contributed by atoms with Gasteiger partial charge < -0.3 is 10.1 Å². The van der Waals surface area contributed by atoms with E-state index < -0.39 is 0 Å². The van der Waals surface area contributed by atoms with E-state index >= 15 is 0 Å². The van der Waals surface area contributed by atoms with Gasteiger partial charge in [0.15, 0.2) is 0 Å². The number of nitrogens with one attached hydrogen (secondary N) is 1. The minimum absolute atomic E-state index is 0.0357. The molecule has 1 aromatic rings. The van der Waals surface area contributed by atoms with Gasteiger partial charge in [-0.15, -0.1) is 10.2 Å². The average Bonchev–Trinajstić information content (AvgIpc) is 2.66. The molecule has 0 spiro atoms. The van der Waals surface area contributed by atoms with Crippen LogP contribution in [0.3, 0.4) is 0 Å². The van der Waals surface area contributed by atoms with Gasteiger partial charge in [-0.3, -0.25) is 4.79 Å². The molecule has 0 atom stereocenters. The average molecular weight is 257 g/mol. The highest BCUT2D eigenvalue weighted by Crippen LogP contribution is 2.27. The van der Waals surface area contributed by atoms with E-state index in [9.17, 15) is 4.79 Å². The van der Waals surface area contributed by atoms with Gasteiger partial charge in [0.25, 0.3) is 0 Å². The number of ether oxygens (including phenoxy) is 1. The lowest BCUT2D eigenvalue weighted by Gasteiger charge is -2.12. The molecule has 0 bridgehead atoms. The zero-order chi connectivity index (χ0) is 12.9. The molecule has 6 heteroatoms. The topological polar surface area (TPSA) is 64.1 Å². The summed E-state index contributed by atoms with van der Waals surface area (Å²) < 4.78 is 5.11. The van der Waals surface area contributed by atoms with Crippen LogP contribution in [-0.4, -0.2) is 29.3 Å². The highest BCUT2D eigenvalue weighted by Gasteiger charge is 2.19. The summed E-state index contributed by atoms with van der Waals surface area (Å²) in [6.45, 7) is 9.16. The van der Waals surface area contributed by atoms with Crippen LogP contribution in [0.5, 0.6) is 0 Å². The standard InChI is InChI=1S/C11H19N3O2S/c1-5-16-7-6-8(15)12-10-14-13-9(17-10)11(2,3)4/h5-7H2,1-4H3,(H,12,14,15). The fraction of sp³-hybridized carbons (Fsp3) is 0.727. The Morgan fingerprint density at radius 2 is 2.12 bits per heavy atom. The molecular weight excluding hydrogens is 238 g/mol. The van der Waals surface area contributed by atoms with E-state index in [2.05, 4.69) is 36.3 Å². The fourth-order valence-electron chi connectivity index (χ4n) is 1.07. The van der Waals surface area contributed by atoms with Crippen molar-refractivity contribution in [3.8, 4) is 0 Å². The summed E-state index contributed by atoms with van der Waals surface area (Å²) in [6, 6.07) is 0. The van der Waals surface area contributed by atoms with Gasteiger partial charge in [0.05, 0.1) is 13.0 Å². The van der Waals surface area contributed by atoms with Gasteiger partial charge in [-0.1, -0.05) is 32.1 Å². The van der Waals surface area contributed by atoms with Crippen LogP contribution in [0.15, 0.2) is 0 Å². The van der Waals surface area contributed by atoms with Gasteiger partial charge in [0, 0.05) is 12.0 Å². The van der Waals surface area contributed by atoms with Gasteiger partial charge in [-0.2, -0.15) is 0 Å². The third kappa shape index (κ3) is 4.79. The quantitative estimate of drug-likeness (QED) is 0.821. The number of carbonyl (C=O) groups excluding carboxylic acids is 1. The zero-order valence-corrected chi connectivity index (χ0v) is 11.6. The molecule has 1 amide bonds. The van der Waals surface area contributed by atoms with E-state index in [-0.39, 0.29) is 11.3 Å². The van der Waals surface area contributed by atoms with Crippen molar-refractivity contribution in [2.24, 2.45) is 0 Å². The van der Waals surface area contributed by atoms with Crippen LogP contribution in [0.2, 0.25) is 0 Å². The van der Waals surface area contributed by atoms with Crippen LogP contribution in [0.25, 0.3) is 0 Å². The molecule has 0 aliphatic heterocycles. The number of hydrogen-bond donors (Lipinski definition) is 1. The Kier molecular flexibility index (Phi) is 5.02. The molecule has 96 valence electrons. The third-order valence-electron chi connectivity index (χ3n) is 1.99. The van der Waals surface area contributed by atoms with Gasteiger partial charge in [-0.25, -0.2) is 0 Å². The summed E-state index contributed by atoms with van der Waals surface area (Å²) in [6.07, 6.45) is 0.346. The minimum Gasteiger partial charge on any atom is -0.381 e. The second-order valence-corrected chi connectivity index (χ2v) is 5.63. The molecule has 0 fully saturated rings. The van der Waals surface area contributed by atoms with E-state index in [1.807, 2.05) is 6.92 Å². The second-order valence-electron chi connectivity index (χ2n) is 4.66. The van der Waals surface area contributed by atoms with Crippen LogP contribution >= 0.6 is 11.3 Å². The summed E-state index contributed by atoms with van der Waals surface area (Å²) in [4.78, 5) is 11.5. The number of aromatic nitrogens is 2. The highest BCUT2D eigenvalue weighted by molar-refractivity contribution is 7.15. The second kappa shape index (κ2) is 6.07. The Morgan fingerprint density at radius 3 is 2.65 bits per heavy atom. The van der Waals surface area contributed by atoms with Gasteiger partial charge in [0.2, 0.25) is 11.0 Å². The maximum Gasteiger partial charge on any atom is 0.228 e. The highest BCUT2D eigenvalue weighted by atomic mass is 32.1. The van der Waals surface area contributed by atoms with Crippen molar-refractivity contribution in [2.45, 2.75) is 39.5 Å². The van der Waals surface area contributed by atoms with Crippen LogP contribution in [0, 0.1) is 0 Å². The van der Waals surface area contributed by atoms with E-state index in [4.69, 9.17) is 4.74 Å². The largest absolute Gasteiger partial charge is 0.381 e. The summed E-state index contributed by atoms with van der Waals surface area (Å²) in [5.74, 6) is -0.0879. The SMILES string of the molecule is CCOCCC(=O)Nc1nnc(C(C)(C)C)s1. The van der Waals surface area contributed by atoms with Crippen molar-refractivity contribution in [3.63, 3.8) is 0 Å². The van der Waals surface area contributed by atoms with E-state index in [0.717, 1.165) is 5.01 Å². The number of nitrogens with zero attached hydrogens (tertiary/aromatic N) is 2. The molecule has 0 saturated heterocycles. The number of anilines is 1. The summed E-state index contributed by atoms with van der Waals surface area (Å²) in [5.41, 5.74) is -0.0357. The minimum atomic E-state index is -0.0879. The maximum absolute atomic E-state index is 11.5. The molecule has 1 rings (SSSR count). The first kappa shape index (κ1) is 14.1. The Labute approximate surface area is 106 Å². The maximum atomic E-state index is 11.5. The lowest BCUT2D eigenvalue weighted by Crippen LogP contribution is -2.13. The molecule has 0 unspecified atom stereocenters. The molecule has 1 aromatic heterocycles. The van der Waals surface area contributed by atoms with Gasteiger partial charge in [0.1, 0.15) is 5.01 Å². The van der Waals surface area contributed by atoms with E-state index in [1.54, 1.807) is 0 Å². The monoisotopic (exact) mass is 257 g/mol. The first-order chi connectivity index (χ1) is 7.93. The Bertz CT molecular complexity index is 371. The van der Waals surface area contributed by atoms with Crippen LogP contribution in [0.1, 0.15) is 39.1 Å². The number of amides is 1. The summed E-state index contributed by atoms with van der Waals surface area (Å²) >= 11 is 1.41. The Morgan fingerprint density at radius 1 is 1.41 bits per heavy atom. The van der Waals surface area contributed by atoms with Crippen molar-refractivity contribution in [1.29, 1.82) is 0 Å². The van der Waals surface area contributed by atoms with Crippen molar-refractivity contribution in [2.75, 3.05) is 18.5 Å². The van der Waals surface area contributed by atoms with Crippen molar-refractivity contribution in [1.82, 2.24) is 10.2 Å². The molecular formula is C11H19N3O2S. The van der Waals surface area contributed by atoms with Crippen molar-refractivity contribution in [3.05, 3.63) is 5.01 Å². The Hall–Kier alpha value is -1.01. The summed E-state index contributed by atoms with van der Waals surface area (Å²) in [5, 5.41) is 12.2. The van der Waals surface area contributed by atoms with E-state index in [1.165, 1.54) is 11.3 Å². The lowest BCUT2D eigenvalue weighted by atomic mass is 9.98. The zero-order valence-electron chi connectivity index (χ0n) is 10.7. The van der Waals surface area contributed by atoms with Crippen LogP contribution < -0.4 is 5.32 Å². The molecule has 0 aromatic carbocycles. The molecule has 0 aliphatic rings. The van der Waals surface area contributed by atoms with Gasteiger partial charge >= 0.3 is 0 Å². The first-order valence-corrected chi connectivity index (χ1v) is 6.46. The normalized spacial score (nSPS) is 11.5. The molecule has 5 nitrogen and oxygen atoms in total. The molecule has 17 heavy (non-hydrogen) atoms. The van der Waals surface area contributed by atoms with Crippen molar-refractivity contribution < 1.29 is 9.53 Å². The predicted octanol–water partition coefficient (Wildman–Crippen LogP) is 2.20. The number of hydrogen-bond acceptors (Lipinski definition) is 5. The van der Waals surface area contributed by atoms with E-state index in [0.29, 0.717) is 24.8 Å². The van der Waals surface area contributed by atoms with Crippen molar-refractivity contribution >= 4 is 22.4 Å². The fourth-order valence-corrected chi connectivity index (χ4v) is 1.89. The lowest BCUT2D eigenvalue weighted by molar-refractivity contribution is -0.117. The molecule has 0 aliphatic carbocycles. The predicted molar refractivity (Wildman–Crippen MR) is 68.3 cm³/mol.